The van der Waals surface area contributed by atoms with Gasteiger partial charge in [-0.1, -0.05) is 5.16 Å². The molecule has 0 saturated carbocycles. The Kier molecular flexibility index (Phi) is 3.33. The molecule has 23 heavy (non-hydrogen) atoms. The second-order valence-corrected chi connectivity index (χ2v) is 4.39. The van der Waals surface area contributed by atoms with E-state index in [0.717, 1.165) is 12.1 Å². The molecule has 116 valence electrons. The van der Waals surface area contributed by atoms with Gasteiger partial charge in [0.15, 0.2) is 5.75 Å². The summed E-state index contributed by atoms with van der Waals surface area (Å²) in [6, 6.07) is 4.83. The van der Waals surface area contributed by atoms with E-state index >= 15 is 0 Å². The number of phenols is 2. The van der Waals surface area contributed by atoms with Gasteiger partial charge in [-0.3, -0.25) is 10.1 Å². The monoisotopic (exact) mass is 318 g/mol. The molecule has 0 atom stereocenters. The van der Waals surface area contributed by atoms with Gasteiger partial charge in [0.25, 0.3) is 5.89 Å². The number of nitro groups is 1. The number of phenolic OH excluding ortho intramolecular Hbond substituents is 2. The Morgan fingerprint density at radius 1 is 1.30 bits per heavy atom. The predicted molar refractivity (Wildman–Crippen MR) is 72.9 cm³/mol. The molecule has 2 N–H and O–H groups in total. The van der Waals surface area contributed by atoms with E-state index in [2.05, 4.69) is 15.1 Å². The Labute approximate surface area is 126 Å². The number of hydrogen-bond acceptors (Lipinski definition) is 8. The van der Waals surface area contributed by atoms with Crippen molar-refractivity contribution in [2.45, 2.75) is 0 Å². The molecule has 0 spiro atoms. The topological polar surface area (TPSA) is 135 Å². The van der Waals surface area contributed by atoms with E-state index in [9.17, 15) is 24.7 Å². The van der Waals surface area contributed by atoms with Crippen LogP contribution in [-0.4, -0.2) is 30.3 Å². The molecule has 2 aromatic heterocycles. The molecule has 10 heteroatoms. The quantitative estimate of drug-likeness (QED) is 0.325. The van der Waals surface area contributed by atoms with E-state index in [-0.39, 0.29) is 22.8 Å². The summed E-state index contributed by atoms with van der Waals surface area (Å²) < 4.78 is 18.5. The Morgan fingerprint density at radius 3 is 2.78 bits per heavy atom. The van der Waals surface area contributed by atoms with Crippen LogP contribution < -0.4 is 0 Å². The smallest absolute Gasteiger partial charge is 0.315 e. The zero-order chi connectivity index (χ0) is 16.6. The molecule has 0 fully saturated rings. The fraction of sp³-hybridized carbons (Fsp3) is 0. The molecule has 0 amide bonds. The number of hydrogen-bond donors (Lipinski definition) is 2. The maximum Gasteiger partial charge on any atom is 0.315 e. The Balaban J connectivity index is 2.08. The van der Waals surface area contributed by atoms with Gasteiger partial charge in [0, 0.05) is 17.8 Å². The molecular weight excluding hydrogens is 311 g/mol. The van der Waals surface area contributed by atoms with E-state index in [4.69, 9.17) is 4.52 Å². The van der Waals surface area contributed by atoms with Crippen LogP contribution in [0.15, 0.2) is 35.0 Å². The van der Waals surface area contributed by atoms with E-state index in [0.29, 0.717) is 0 Å². The minimum absolute atomic E-state index is 0.0197. The molecule has 9 nitrogen and oxygen atoms in total. The third-order valence-electron chi connectivity index (χ3n) is 2.94. The number of halogens is 1. The Hall–Kier alpha value is -3.56. The summed E-state index contributed by atoms with van der Waals surface area (Å²) in [7, 11) is 0. The minimum atomic E-state index is -0.875. The van der Waals surface area contributed by atoms with Gasteiger partial charge in [-0.25, -0.2) is 4.98 Å². The number of aromatic nitrogens is 3. The lowest BCUT2D eigenvalue weighted by Crippen LogP contribution is -1.91. The van der Waals surface area contributed by atoms with Gasteiger partial charge in [0.2, 0.25) is 17.5 Å². The number of nitro benzene ring substituents is 1. The lowest BCUT2D eigenvalue weighted by atomic mass is 10.1. The predicted octanol–water partition coefficient (Wildman–Crippen LogP) is 2.26. The lowest BCUT2D eigenvalue weighted by Gasteiger charge is -2.01. The molecule has 2 heterocycles. The molecule has 3 rings (SSSR count). The van der Waals surface area contributed by atoms with Crippen LogP contribution in [0.5, 0.6) is 11.5 Å². The van der Waals surface area contributed by atoms with Gasteiger partial charge in [-0.05, 0) is 18.2 Å². The number of nitrogens with zero attached hydrogens (tertiary/aromatic N) is 4. The third kappa shape index (κ3) is 2.52. The molecule has 0 radical (unpaired) electrons. The van der Waals surface area contributed by atoms with Crippen LogP contribution in [-0.2, 0) is 0 Å². The largest absolute Gasteiger partial charge is 0.504 e. The second kappa shape index (κ2) is 5.33. The summed E-state index contributed by atoms with van der Waals surface area (Å²) in [6.07, 6.45) is 1.25. The molecular formula is C13H7FN4O5. The Bertz CT molecular complexity index is 911. The van der Waals surface area contributed by atoms with Crippen molar-refractivity contribution in [2.75, 3.05) is 0 Å². The van der Waals surface area contributed by atoms with Crippen molar-refractivity contribution in [3.63, 3.8) is 0 Å². The van der Waals surface area contributed by atoms with Crippen LogP contribution in [0.3, 0.4) is 0 Å². The first kappa shape index (κ1) is 14.4. The third-order valence-corrected chi connectivity index (χ3v) is 2.94. The summed E-state index contributed by atoms with van der Waals surface area (Å²) in [4.78, 5) is 17.3. The van der Waals surface area contributed by atoms with Gasteiger partial charge in [0.05, 0.1) is 10.5 Å². The number of aromatic hydroxyl groups is 2. The van der Waals surface area contributed by atoms with Crippen molar-refractivity contribution in [3.05, 3.63) is 46.5 Å². The fourth-order valence-electron chi connectivity index (χ4n) is 1.87. The van der Waals surface area contributed by atoms with Gasteiger partial charge >= 0.3 is 5.69 Å². The Morgan fingerprint density at radius 2 is 2.09 bits per heavy atom. The summed E-state index contributed by atoms with van der Waals surface area (Å²) in [5.41, 5.74) is -0.742. The average molecular weight is 318 g/mol. The molecule has 0 aliphatic heterocycles. The van der Waals surface area contributed by atoms with Crippen LogP contribution in [0, 0.1) is 16.1 Å². The maximum atomic E-state index is 13.6. The molecule has 3 aromatic rings. The summed E-state index contributed by atoms with van der Waals surface area (Å²) in [5, 5.41) is 33.4. The van der Waals surface area contributed by atoms with Crippen LogP contribution >= 0.6 is 0 Å². The van der Waals surface area contributed by atoms with Crippen LogP contribution in [0.25, 0.3) is 22.8 Å². The first-order valence-corrected chi connectivity index (χ1v) is 6.12. The van der Waals surface area contributed by atoms with Gasteiger partial charge in [0.1, 0.15) is 0 Å². The summed E-state index contributed by atoms with van der Waals surface area (Å²) >= 11 is 0. The fourth-order valence-corrected chi connectivity index (χ4v) is 1.87. The van der Waals surface area contributed by atoms with Crippen molar-refractivity contribution in [1.29, 1.82) is 0 Å². The lowest BCUT2D eigenvalue weighted by molar-refractivity contribution is -0.385. The highest BCUT2D eigenvalue weighted by atomic mass is 19.1. The first-order valence-electron chi connectivity index (χ1n) is 6.12. The maximum absolute atomic E-state index is 13.6. The van der Waals surface area contributed by atoms with Crippen LogP contribution in [0.4, 0.5) is 10.1 Å². The van der Waals surface area contributed by atoms with Crippen LogP contribution in [0.1, 0.15) is 0 Å². The number of benzene rings is 1. The molecule has 0 saturated heterocycles. The summed E-state index contributed by atoms with van der Waals surface area (Å²) in [5.74, 6) is -2.71. The van der Waals surface area contributed by atoms with Crippen molar-refractivity contribution in [2.24, 2.45) is 0 Å². The highest BCUT2D eigenvalue weighted by Crippen LogP contribution is 2.39. The van der Waals surface area contributed by atoms with E-state index in [1.54, 1.807) is 0 Å². The van der Waals surface area contributed by atoms with E-state index in [1.165, 1.54) is 18.3 Å². The summed E-state index contributed by atoms with van der Waals surface area (Å²) in [6.45, 7) is 0. The van der Waals surface area contributed by atoms with Crippen LogP contribution in [0.2, 0.25) is 0 Å². The second-order valence-electron chi connectivity index (χ2n) is 4.39. The molecule has 1 aromatic carbocycles. The SMILES string of the molecule is O=[N+]([O-])c1cc(-c2noc(-c3cccnc3F)n2)cc(O)c1O. The number of rotatable bonds is 3. The van der Waals surface area contributed by atoms with E-state index < -0.39 is 28.1 Å². The number of pyridine rings is 1. The van der Waals surface area contributed by atoms with Gasteiger partial charge < -0.3 is 14.7 Å². The molecule has 0 unspecified atom stereocenters. The molecule has 0 aliphatic carbocycles. The minimum Gasteiger partial charge on any atom is -0.504 e. The van der Waals surface area contributed by atoms with Crippen molar-refractivity contribution in [1.82, 2.24) is 15.1 Å². The average Bonchev–Trinajstić information content (AvgIpc) is 2.99. The molecule has 0 bridgehead atoms. The first-order chi connectivity index (χ1) is 11.0. The standard InChI is InChI=1S/C13H7FN4O5/c14-11-7(2-1-3-15-11)13-16-12(17-23-13)6-4-8(18(21)22)10(20)9(19)5-6/h1-5,19-20H. The zero-order valence-electron chi connectivity index (χ0n) is 11.2. The highest BCUT2D eigenvalue weighted by Gasteiger charge is 2.22. The van der Waals surface area contributed by atoms with Gasteiger partial charge in [-0.15, -0.1) is 0 Å². The van der Waals surface area contributed by atoms with Crippen molar-refractivity contribution in [3.8, 4) is 34.3 Å². The van der Waals surface area contributed by atoms with Crippen molar-refractivity contribution < 1.29 is 24.0 Å². The van der Waals surface area contributed by atoms with Crippen molar-refractivity contribution >= 4 is 5.69 Å². The highest BCUT2D eigenvalue weighted by molar-refractivity contribution is 5.69. The van der Waals surface area contributed by atoms with E-state index in [1.807, 2.05) is 0 Å². The molecule has 0 aliphatic rings. The zero-order valence-corrected chi connectivity index (χ0v) is 11.2. The van der Waals surface area contributed by atoms with Gasteiger partial charge in [-0.2, -0.15) is 9.37 Å². The normalized spacial score (nSPS) is 10.7.